The maximum absolute atomic E-state index is 13.0. The van der Waals surface area contributed by atoms with Crippen LogP contribution in [-0.2, 0) is 6.54 Å². The number of nitrogens with one attached hydrogen (secondary N) is 1. The molecule has 172 valence electrons. The monoisotopic (exact) mass is 438 g/mol. The van der Waals surface area contributed by atoms with E-state index in [1.54, 1.807) is 14.2 Å². The fourth-order valence-electron chi connectivity index (χ4n) is 4.65. The molecule has 4 rings (SSSR count). The molecular formula is C25H34N4O3. The molecule has 1 aromatic heterocycles. The number of piperidine rings is 1. The number of methoxy groups -OCH3 is 2. The van der Waals surface area contributed by atoms with Gasteiger partial charge in [0.1, 0.15) is 17.3 Å². The minimum absolute atomic E-state index is 0.00199. The van der Waals surface area contributed by atoms with E-state index < -0.39 is 0 Å². The van der Waals surface area contributed by atoms with Gasteiger partial charge in [0.05, 0.1) is 20.3 Å². The fraction of sp³-hybridized carbons (Fsp3) is 0.520. The minimum atomic E-state index is -0.0561. The van der Waals surface area contributed by atoms with Gasteiger partial charge in [0.2, 0.25) is 0 Å². The van der Waals surface area contributed by atoms with Crippen molar-refractivity contribution in [3.05, 3.63) is 47.7 Å². The zero-order valence-corrected chi connectivity index (χ0v) is 19.3. The van der Waals surface area contributed by atoms with Crippen LogP contribution in [0.3, 0.4) is 0 Å². The van der Waals surface area contributed by atoms with Crippen LogP contribution in [0.25, 0.3) is 0 Å². The number of nitrogens with zero attached hydrogens (tertiary/aromatic N) is 3. The summed E-state index contributed by atoms with van der Waals surface area (Å²) in [6.07, 6.45) is 6.20. The van der Waals surface area contributed by atoms with Crippen molar-refractivity contribution in [3.63, 3.8) is 0 Å². The van der Waals surface area contributed by atoms with Crippen molar-refractivity contribution < 1.29 is 14.3 Å². The molecule has 32 heavy (non-hydrogen) atoms. The van der Waals surface area contributed by atoms with E-state index in [-0.39, 0.29) is 12.1 Å². The summed E-state index contributed by atoms with van der Waals surface area (Å²) in [4.78, 5) is 21.9. The molecule has 1 N–H and O–H groups in total. The summed E-state index contributed by atoms with van der Waals surface area (Å²) in [6, 6.07) is 9.87. The predicted molar refractivity (Wildman–Crippen MR) is 125 cm³/mol. The number of hydrogen-bond donors (Lipinski definition) is 1. The van der Waals surface area contributed by atoms with Crippen LogP contribution in [0.15, 0.2) is 36.5 Å². The van der Waals surface area contributed by atoms with Crippen molar-refractivity contribution in [3.8, 4) is 11.5 Å². The van der Waals surface area contributed by atoms with E-state index in [0.717, 1.165) is 66.8 Å². The molecule has 0 radical (unpaired) electrons. The molecule has 2 fully saturated rings. The third-order valence-corrected chi connectivity index (χ3v) is 6.67. The van der Waals surface area contributed by atoms with E-state index in [9.17, 15) is 4.79 Å². The van der Waals surface area contributed by atoms with Crippen LogP contribution in [-0.4, -0.2) is 49.8 Å². The van der Waals surface area contributed by atoms with Gasteiger partial charge in [0.25, 0.3) is 0 Å². The number of urea groups is 1. The molecule has 3 heterocycles. The molecule has 2 aliphatic rings. The Morgan fingerprint density at radius 1 is 1.09 bits per heavy atom. The lowest BCUT2D eigenvalue weighted by molar-refractivity contribution is 0.191. The number of benzene rings is 1. The van der Waals surface area contributed by atoms with Crippen molar-refractivity contribution in [1.82, 2.24) is 15.2 Å². The number of carbonyl (C=O) groups is 1. The van der Waals surface area contributed by atoms with Gasteiger partial charge in [-0.1, -0.05) is 13.0 Å². The molecular weight excluding hydrogens is 404 g/mol. The molecule has 1 atom stereocenters. The van der Waals surface area contributed by atoms with E-state index in [1.807, 2.05) is 29.3 Å². The number of carbonyl (C=O) groups excluding carboxylic acids is 1. The maximum Gasteiger partial charge on any atom is 0.318 e. The number of hydrogen-bond acceptors (Lipinski definition) is 5. The van der Waals surface area contributed by atoms with Crippen molar-refractivity contribution in [2.24, 2.45) is 5.92 Å². The van der Waals surface area contributed by atoms with Crippen molar-refractivity contribution in [2.45, 2.75) is 45.2 Å². The number of ether oxygens (including phenoxy) is 2. The SMILES string of the molecule is COc1ccc(C2CCCN2C(=O)NCc2ccc(N3CCC(C)CC3)nc2)c(OC)c1. The Balaban J connectivity index is 1.36. The Bertz CT molecular complexity index is 910. The van der Waals surface area contributed by atoms with Gasteiger partial charge in [0.15, 0.2) is 0 Å². The second kappa shape index (κ2) is 10.1. The van der Waals surface area contributed by atoms with Gasteiger partial charge < -0.3 is 24.6 Å². The molecule has 0 aliphatic carbocycles. The van der Waals surface area contributed by atoms with Crippen LogP contribution in [0.1, 0.15) is 49.8 Å². The first-order valence-corrected chi connectivity index (χ1v) is 11.6. The highest BCUT2D eigenvalue weighted by atomic mass is 16.5. The van der Waals surface area contributed by atoms with E-state index in [2.05, 4.69) is 34.3 Å². The van der Waals surface area contributed by atoms with Crippen LogP contribution >= 0.6 is 0 Å². The average molecular weight is 439 g/mol. The number of amides is 2. The summed E-state index contributed by atoms with van der Waals surface area (Å²) >= 11 is 0. The summed E-state index contributed by atoms with van der Waals surface area (Å²) in [5.74, 6) is 3.32. The number of rotatable bonds is 6. The summed E-state index contributed by atoms with van der Waals surface area (Å²) in [5, 5.41) is 3.07. The first kappa shape index (κ1) is 22.2. The van der Waals surface area contributed by atoms with E-state index in [4.69, 9.17) is 9.47 Å². The fourth-order valence-corrected chi connectivity index (χ4v) is 4.65. The molecule has 2 amide bonds. The van der Waals surface area contributed by atoms with Crippen molar-refractivity contribution in [2.75, 3.05) is 38.8 Å². The average Bonchev–Trinajstić information content (AvgIpc) is 3.33. The standard InChI is InChI=1S/C25H34N4O3/c1-18-10-13-28(14-11-18)24-9-6-19(16-26-24)17-27-25(30)29-12-4-5-22(29)21-8-7-20(31-2)15-23(21)32-3/h6-9,15-16,18,22H,4-5,10-14,17H2,1-3H3,(H,27,30). The second-order valence-corrected chi connectivity index (χ2v) is 8.81. The van der Waals surface area contributed by atoms with Crippen molar-refractivity contribution in [1.29, 1.82) is 0 Å². The summed E-state index contributed by atoms with van der Waals surface area (Å²) < 4.78 is 10.9. The van der Waals surface area contributed by atoms with Gasteiger partial charge in [-0.25, -0.2) is 9.78 Å². The predicted octanol–water partition coefficient (Wildman–Crippen LogP) is 4.38. The Morgan fingerprint density at radius 2 is 1.91 bits per heavy atom. The lowest BCUT2D eigenvalue weighted by Crippen LogP contribution is -2.39. The van der Waals surface area contributed by atoms with Gasteiger partial charge >= 0.3 is 6.03 Å². The van der Waals surface area contributed by atoms with Gasteiger partial charge in [-0.3, -0.25) is 0 Å². The molecule has 7 heteroatoms. The van der Waals surface area contributed by atoms with Gasteiger partial charge in [-0.15, -0.1) is 0 Å². The number of pyridine rings is 1. The second-order valence-electron chi connectivity index (χ2n) is 8.81. The van der Waals surface area contributed by atoms with Crippen LogP contribution in [0, 0.1) is 5.92 Å². The number of anilines is 1. The molecule has 2 aromatic rings. The van der Waals surface area contributed by atoms with Crippen molar-refractivity contribution >= 4 is 11.8 Å². The molecule has 1 aromatic carbocycles. The molecule has 2 saturated heterocycles. The highest BCUT2D eigenvalue weighted by Gasteiger charge is 2.32. The summed E-state index contributed by atoms with van der Waals surface area (Å²) in [5.41, 5.74) is 2.02. The first-order chi connectivity index (χ1) is 15.6. The smallest absolute Gasteiger partial charge is 0.318 e. The molecule has 2 aliphatic heterocycles. The summed E-state index contributed by atoms with van der Waals surface area (Å²) in [7, 11) is 3.29. The summed E-state index contributed by atoms with van der Waals surface area (Å²) in [6.45, 7) is 5.64. The minimum Gasteiger partial charge on any atom is -0.497 e. The van der Waals surface area contributed by atoms with Crippen LogP contribution in [0.5, 0.6) is 11.5 Å². The highest BCUT2D eigenvalue weighted by Crippen LogP contribution is 2.38. The van der Waals surface area contributed by atoms with E-state index in [1.165, 1.54) is 12.8 Å². The Morgan fingerprint density at radius 3 is 2.59 bits per heavy atom. The Labute approximate surface area is 190 Å². The third-order valence-electron chi connectivity index (χ3n) is 6.67. The quantitative estimate of drug-likeness (QED) is 0.725. The Hall–Kier alpha value is -2.96. The lowest BCUT2D eigenvalue weighted by atomic mass is 9.99. The topological polar surface area (TPSA) is 66.9 Å². The number of aromatic nitrogens is 1. The van der Waals surface area contributed by atoms with Crippen LogP contribution in [0.2, 0.25) is 0 Å². The first-order valence-electron chi connectivity index (χ1n) is 11.6. The van der Waals surface area contributed by atoms with Crippen LogP contribution < -0.4 is 19.7 Å². The maximum atomic E-state index is 13.0. The van der Waals surface area contributed by atoms with E-state index in [0.29, 0.717) is 6.54 Å². The largest absolute Gasteiger partial charge is 0.497 e. The molecule has 0 saturated carbocycles. The lowest BCUT2D eigenvalue weighted by Gasteiger charge is -2.31. The Kier molecular flexibility index (Phi) is 7.02. The van der Waals surface area contributed by atoms with Gasteiger partial charge in [0, 0.05) is 44.0 Å². The van der Waals surface area contributed by atoms with Gasteiger partial charge in [-0.2, -0.15) is 0 Å². The molecule has 7 nitrogen and oxygen atoms in total. The molecule has 0 bridgehead atoms. The zero-order valence-electron chi connectivity index (χ0n) is 19.3. The zero-order chi connectivity index (χ0) is 22.5. The third kappa shape index (κ3) is 4.92. The molecule has 1 unspecified atom stereocenters. The van der Waals surface area contributed by atoms with Gasteiger partial charge in [-0.05, 0) is 55.4 Å². The van der Waals surface area contributed by atoms with E-state index >= 15 is 0 Å². The highest BCUT2D eigenvalue weighted by molar-refractivity contribution is 5.75. The van der Waals surface area contributed by atoms with Crippen LogP contribution in [0.4, 0.5) is 10.6 Å². The normalized spacial score (nSPS) is 19.2. The number of likely N-dealkylation sites (tertiary alicyclic amines) is 1. The molecule has 0 spiro atoms.